The number of benzene rings is 1. The fourth-order valence-corrected chi connectivity index (χ4v) is 1.67. The number of nitro groups is 1. The smallest absolute Gasteiger partial charge is 0.275 e. The van der Waals surface area contributed by atoms with Crippen LogP contribution in [0.3, 0.4) is 0 Å². The van der Waals surface area contributed by atoms with Gasteiger partial charge in [-0.1, -0.05) is 0 Å². The van der Waals surface area contributed by atoms with Crippen LogP contribution in [0.1, 0.15) is 11.1 Å². The molecule has 0 amide bonds. The number of halogens is 1. The summed E-state index contributed by atoms with van der Waals surface area (Å²) < 4.78 is 19.3. The first-order valence-electron chi connectivity index (χ1n) is 6.06. The Balaban J connectivity index is 2.40. The van der Waals surface area contributed by atoms with E-state index in [1.54, 1.807) is 14.0 Å². The second-order valence-electron chi connectivity index (χ2n) is 4.36. The molecule has 1 heterocycles. The van der Waals surface area contributed by atoms with Crippen molar-refractivity contribution in [3.05, 3.63) is 45.4 Å². The van der Waals surface area contributed by atoms with Gasteiger partial charge in [0.05, 0.1) is 11.0 Å². The van der Waals surface area contributed by atoms with Crippen LogP contribution >= 0.6 is 0 Å². The molecule has 1 aromatic carbocycles. The molecule has 0 atom stereocenters. The van der Waals surface area contributed by atoms with Crippen LogP contribution in [0.2, 0.25) is 0 Å². The lowest BCUT2D eigenvalue weighted by atomic mass is 10.2. The summed E-state index contributed by atoms with van der Waals surface area (Å²) in [6.45, 7) is 3.22. The molecule has 2 aromatic rings. The van der Waals surface area contributed by atoms with E-state index < -0.39 is 10.7 Å². The number of ether oxygens (including phenoxy) is 1. The zero-order valence-corrected chi connectivity index (χ0v) is 11.7. The molecule has 0 aliphatic carbocycles. The lowest BCUT2D eigenvalue weighted by molar-refractivity contribution is -0.385. The standard InChI is InChI=1S/C13H13FN4O3/c1-7-4-11(9(14)5-10(7)18(19)20)21-12-8(2)6-16-13(15-3)17-12/h4-6H,1-3H3,(H,15,16,17). The summed E-state index contributed by atoms with van der Waals surface area (Å²) in [6, 6.07) is 2.11. The summed E-state index contributed by atoms with van der Waals surface area (Å²) in [4.78, 5) is 18.2. The number of aromatic nitrogens is 2. The number of nitro benzene ring substituents is 1. The zero-order valence-electron chi connectivity index (χ0n) is 11.7. The van der Waals surface area contributed by atoms with Crippen LogP contribution in [0.15, 0.2) is 18.3 Å². The van der Waals surface area contributed by atoms with Crippen molar-refractivity contribution < 1.29 is 14.1 Å². The van der Waals surface area contributed by atoms with E-state index in [1.165, 1.54) is 19.2 Å². The minimum atomic E-state index is -0.823. The predicted octanol–water partition coefficient (Wildman–Crippen LogP) is 2.97. The number of nitrogens with zero attached hydrogens (tertiary/aromatic N) is 3. The summed E-state index contributed by atoms with van der Waals surface area (Å²) in [6.07, 6.45) is 1.53. The van der Waals surface area contributed by atoms with Crippen molar-refractivity contribution in [1.82, 2.24) is 9.97 Å². The topological polar surface area (TPSA) is 90.2 Å². The first-order chi connectivity index (χ1) is 9.92. The van der Waals surface area contributed by atoms with Gasteiger partial charge >= 0.3 is 0 Å². The minimum absolute atomic E-state index is 0.123. The van der Waals surface area contributed by atoms with Gasteiger partial charge in [-0.15, -0.1) is 0 Å². The molecular weight excluding hydrogens is 279 g/mol. The number of aryl methyl sites for hydroxylation is 2. The van der Waals surface area contributed by atoms with Gasteiger partial charge in [0.25, 0.3) is 5.69 Å². The summed E-state index contributed by atoms with van der Waals surface area (Å²) >= 11 is 0. The molecule has 1 aromatic heterocycles. The first kappa shape index (κ1) is 14.6. The maximum Gasteiger partial charge on any atom is 0.275 e. The molecule has 7 nitrogen and oxygen atoms in total. The normalized spacial score (nSPS) is 10.3. The highest BCUT2D eigenvalue weighted by molar-refractivity contribution is 5.47. The highest BCUT2D eigenvalue weighted by atomic mass is 19.1. The van der Waals surface area contributed by atoms with Gasteiger partial charge in [0.2, 0.25) is 11.8 Å². The van der Waals surface area contributed by atoms with Crippen LogP contribution in [-0.4, -0.2) is 21.9 Å². The molecule has 0 bridgehead atoms. The Morgan fingerprint density at radius 1 is 1.33 bits per heavy atom. The van der Waals surface area contributed by atoms with Gasteiger partial charge in [-0.2, -0.15) is 4.98 Å². The van der Waals surface area contributed by atoms with Crippen molar-refractivity contribution in [3.63, 3.8) is 0 Å². The van der Waals surface area contributed by atoms with Gasteiger partial charge in [-0.05, 0) is 19.9 Å². The van der Waals surface area contributed by atoms with Crippen molar-refractivity contribution in [3.8, 4) is 11.6 Å². The van der Waals surface area contributed by atoms with Crippen LogP contribution in [-0.2, 0) is 0 Å². The predicted molar refractivity (Wildman–Crippen MR) is 74.2 cm³/mol. The minimum Gasteiger partial charge on any atom is -0.435 e. The van der Waals surface area contributed by atoms with Gasteiger partial charge < -0.3 is 10.1 Å². The summed E-state index contributed by atoms with van der Waals surface area (Å²) in [5.74, 6) is -0.436. The highest BCUT2D eigenvalue weighted by Gasteiger charge is 2.18. The molecule has 0 saturated carbocycles. The monoisotopic (exact) mass is 292 g/mol. The van der Waals surface area contributed by atoms with Gasteiger partial charge in [0.1, 0.15) is 0 Å². The molecule has 0 saturated heterocycles. The summed E-state index contributed by atoms with van der Waals surface area (Å²) in [5.41, 5.74) is 0.622. The third-order valence-corrected chi connectivity index (χ3v) is 2.80. The van der Waals surface area contributed by atoms with Crippen LogP contribution < -0.4 is 10.1 Å². The first-order valence-corrected chi connectivity index (χ1v) is 6.06. The third-order valence-electron chi connectivity index (χ3n) is 2.80. The second-order valence-corrected chi connectivity index (χ2v) is 4.36. The average Bonchev–Trinajstić information content (AvgIpc) is 2.44. The number of anilines is 1. The number of rotatable bonds is 4. The lowest BCUT2D eigenvalue weighted by Gasteiger charge is -2.10. The van der Waals surface area contributed by atoms with Crippen LogP contribution in [0.25, 0.3) is 0 Å². The molecule has 0 aliphatic heterocycles. The molecule has 0 unspecified atom stereocenters. The molecule has 0 radical (unpaired) electrons. The number of nitrogens with one attached hydrogen (secondary N) is 1. The third kappa shape index (κ3) is 3.04. The zero-order chi connectivity index (χ0) is 15.6. The van der Waals surface area contributed by atoms with Crippen molar-refractivity contribution in [2.75, 3.05) is 12.4 Å². The number of hydrogen-bond acceptors (Lipinski definition) is 6. The Bertz CT molecular complexity index is 706. The molecule has 0 aliphatic rings. The molecule has 21 heavy (non-hydrogen) atoms. The molecular formula is C13H13FN4O3. The van der Waals surface area contributed by atoms with Crippen molar-refractivity contribution in [2.45, 2.75) is 13.8 Å². The fraction of sp³-hybridized carbons (Fsp3) is 0.231. The highest BCUT2D eigenvalue weighted by Crippen LogP contribution is 2.31. The maximum absolute atomic E-state index is 13.9. The van der Waals surface area contributed by atoms with E-state index in [1.807, 2.05) is 0 Å². The van der Waals surface area contributed by atoms with Crippen LogP contribution in [0.5, 0.6) is 11.6 Å². The van der Waals surface area contributed by atoms with Crippen molar-refractivity contribution in [2.24, 2.45) is 0 Å². The van der Waals surface area contributed by atoms with Gasteiger partial charge in [-0.25, -0.2) is 9.37 Å². The van der Waals surface area contributed by atoms with Crippen molar-refractivity contribution in [1.29, 1.82) is 0 Å². The Kier molecular flexibility index (Phi) is 3.97. The lowest BCUT2D eigenvalue weighted by Crippen LogP contribution is -2.01. The number of hydrogen-bond donors (Lipinski definition) is 1. The Morgan fingerprint density at radius 3 is 2.67 bits per heavy atom. The largest absolute Gasteiger partial charge is 0.435 e. The SMILES string of the molecule is CNc1ncc(C)c(Oc2cc(C)c([N+](=O)[O-])cc2F)n1. The summed E-state index contributed by atoms with van der Waals surface area (Å²) in [5, 5.41) is 13.5. The Morgan fingerprint density at radius 2 is 2.05 bits per heavy atom. The quantitative estimate of drug-likeness (QED) is 0.688. The van der Waals surface area contributed by atoms with E-state index >= 15 is 0 Å². The van der Waals surface area contributed by atoms with E-state index in [0.29, 0.717) is 17.1 Å². The van der Waals surface area contributed by atoms with E-state index in [2.05, 4.69) is 15.3 Å². The van der Waals surface area contributed by atoms with Crippen LogP contribution in [0, 0.1) is 29.8 Å². The molecule has 2 rings (SSSR count). The molecule has 1 N–H and O–H groups in total. The second kappa shape index (κ2) is 5.70. The molecule has 8 heteroatoms. The molecule has 0 spiro atoms. The van der Waals surface area contributed by atoms with E-state index in [-0.39, 0.29) is 17.3 Å². The van der Waals surface area contributed by atoms with Crippen molar-refractivity contribution >= 4 is 11.6 Å². The van der Waals surface area contributed by atoms with E-state index in [9.17, 15) is 14.5 Å². The van der Waals surface area contributed by atoms with E-state index in [0.717, 1.165) is 6.07 Å². The van der Waals surface area contributed by atoms with Crippen LogP contribution in [0.4, 0.5) is 16.0 Å². The fourth-order valence-electron chi connectivity index (χ4n) is 1.67. The molecule has 0 fully saturated rings. The van der Waals surface area contributed by atoms with Gasteiger partial charge in [0.15, 0.2) is 11.6 Å². The van der Waals surface area contributed by atoms with E-state index in [4.69, 9.17) is 4.74 Å². The molecule has 110 valence electrons. The maximum atomic E-state index is 13.9. The van der Waals surface area contributed by atoms with Gasteiger partial charge in [-0.3, -0.25) is 10.1 Å². The summed E-state index contributed by atoms with van der Waals surface area (Å²) in [7, 11) is 1.64. The average molecular weight is 292 g/mol. The van der Waals surface area contributed by atoms with Gasteiger partial charge in [0, 0.05) is 24.4 Å². The Labute approximate surface area is 120 Å². The Hall–Kier alpha value is -2.77.